The number of ether oxygens (including phenoxy) is 1. The molecule has 0 amide bonds. The number of nitrogen functional groups attached to an aromatic ring is 1. The van der Waals surface area contributed by atoms with Gasteiger partial charge in [-0.05, 0) is 60.7 Å². The standard InChI is InChI=1S/C24H27N3OS/c1-27-21-20(24(25)26)22(29-23(21)16-8-4-2-5-9-16)17-12-14-19(15-13-17)28-18-10-6-3-7-11-18/h3,6-7,10-16,27H,2,4-5,8-9H2,1H3,(H3,25,26). The Balaban J connectivity index is 1.68. The second kappa shape index (κ2) is 8.70. The highest BCUT2D eigenvalue weighted by molar-refractivity contribution is 7.16. The molecule has 29 heavy (non-hydrogen) atoms. The van der Waals surface area contributed by atoms with Crippen molar-refractivity contribution in [3.63, 3.8) is 0 Å². The Bertz CT molecular complexity index is 973. The lowest BCUT2D eigenvalue weighted by Gasteiger charge is -2.22. The Morgan fingerprint density at radius 2 is 1.66 bits per heavy atom. The summed E-state index contributed by atoms with van der Waals surface area (Å²) in [6.45, 7) is 0. The minimum Gasteiger partial charge on any atom is -0.457 e. The van der Waals surface area contributed by atoms with Crippen LogP contribution >= 0.6 is 11.3 Å². The molecule has 150 valence electrons. The quantitative estimate of drug-likeness (QED) is 0.320. The van der Waals surface area contributed by atoms with Crippen molar-refractivity contribution in [2.45, 2.75) is 38.0 Å². The van der Waals surface area contributed by atoms with Crippen LogP contribution in [-0.4, -0.2) is 12.9 Å². The first-order valence-corrected chi connectivity index (χ1v) is 11.0. The molecule has 4 rings (SSSR count). The van der Waals surface area contributed by atoms with E-state index in [1.54, 1.807) is 11.3 Å². The summed E-state index contributed by atoms with van der Waals surface area (Å²) in [4.78, 5) is 2.41. The molecule has 1 aromatic heterocycles. The van der Waals surface area contributed by atoms with Crippen LogP contribution in [0.5, 0.6) is 11.5 Å². The van der Waals surface area contributed by atoms with E-state index >= 15 is 0 Å². The van der Waals surface area contributed by atoms with Crippen molar-refractivity contribution in [1.29, 1.82) is 5.41 Å². The van der Waals surface area contributed by atoms with E-state index in [1.165, 1.54) is 37.0 Å². The Morgan fingerprint density at radius 1 is 1.00 bits per heavy atom. The Labute approximate surface area is 176 Å². The highest BCUT2D eigenvalue weighted by Gasteiger charge is 2.26. The molecule has 4 nitrogen and oxygen atoms in total. The van der Waals surface area contributed by atoms with Gasteiger partial charge in [0.15, 0.2) is 0 Å². The van der Waals surface area contributed by atoms with Crippen LogP contribution in [0.25, 0.3) is 10.4 Å². The third-order valence-corrected chi connectivity index (χ3v) is 6.93. The molecule has 0 bridgehead atoms. The molecule has 5 heteroatoms. The van der Waals surface area contributed by atoms with Gasteiger partial charge in [-0.3, -0.25) is 5.41 Å². The van der Waals surface area contributed by atoms with Gasteiger partial charge in [-0.15, -0.1) is 11.3 Å². The Hall–Kier alpha value is -2.79. The molecule has 0 radical (unpaired) electrons. The van der Waals surface area contributed by atoms with Crippen LogP contribution in [0.3, 0.4) is 0 Å². The van der Waals surface area contributed by atoms with Gasteiger partial charge in [-0.2, -0.15) is 0 Å². The molecule has 1 aliphatic carbocycles. The van der Waals surface area contributed by atoms with Gasteiger partial charge in [-0.1, -0.05) is 37.5 Å². The fourth-order valence-corrected chi connectivity index (χ4v) is 5.60. The van der Waals surface area contributed by atoms with Gasteiger partial charge in [0.1, 0.15) is 17.3 Å². The maximum absolute atomic E-state index is 8.21. The SMILES string of the molecule is CNc1c(C2CCCCC2)sc(-c2ccc(Oc3ccccc3)cc2)c1C(=N)N. The van der Waals surface area contributed by atoms with Gasteiger partial charge in [0.2, 0.25) is 0 Å². The van der Waals surface area contributed by atoms with E-state index in [-0.39, 0.29) is 5.84 Å². The zero-order valence-electron chi connectivity index (χ0n) is 16.7. The molecule has 2 aromatic carbocycles. The number of hydrogen-bond acceptors (Lipinski definition) is 4. The highest BCUT2D eigenvalue weighted by atomic mass is 32.1. The Kier molecular flexibility index (Phi) is 5.86. The molecule has 4 N–H and O–H groups in total. The summed E-state index contributed by atoms with van der Waals surface area (Å²) in [6, 6.07) is 17.8. The first-order valence-electron chi connectivity index (χ1n) is 10.2. The maximum atomic E-state index is 8.21. The van der Waals surface area contributed by atoms with E-state index < -0.39 is 0 Å². The zero-order chi connectivity index (χ0) is 20.2. The second-order valence-electron chi connectivity index (χ2n) is 7.48. The van der Waals surface area contributed by atoms with Crippen LogP contribution in [0, 0.1) is 5.41 Å². The number of nitrogens with two attached hydrogens (primary N) is 1. The van der Waals surface area contributed by atoms with Gasteiger partial charge >= 0.3 is 0 Å². The predicted molar refractivity (Wildman–Crippen MR) is 123 cm³/mol. The van der Waals surface area contributed by atoms with Crippen molar-refractivity contribution in [3.05, 3.63) is 65.0 Å². The summed E-state index contributed by atoms with van der Waals surface area (Å²) in [7, 11) is 1.93. The number of nitrogens with one attached hydrogen (secondary N) is 2. The van der Waals surface area contributed by atoms with E-state index in [9.17, 15) is 0 Å². The zero-order valence-corrected chi connectivity index (χ0v) is 17.5. The van der Waals surface area contributed by atoms with Crippen molar-refractivity contribution in [2.24, 2.45) is 5.73 Å². The molecule has 0 atom stereocenters. The van der Waals surface area contributed by atoms with Gasteiger partial charge in [0.25, 0.3) is 0 Å². The summed E-state index contributed by atoms with van der Waals surface area (Å²) in [5.74, 6) is 2.29. The van der Waals surface area contributed by atoms with Crippen LogP contribution in [0.2, 0.25) is 0 Å². The predicted octanol–water partition coefficient (Wildman–Crippen LogP) is 6.58. The summed E-state index contributed by atoms with van der Waals surface area (Å²) in [5.41, 5.74) is 8.96. The first-order chi connectivity index (χ1) is 14.2. The maximum Gasteiger partial charge on any atom is 0.127 e. The number of para-hydroxylation sites is 1. The monoisotopic (exact) mass is 405 g/mol. The molecule has 3 aromatic rings. The van der Waals surface area contributed by atoms with Crippen molar-refractivity contribution < 1.29 is 4.74 Å². The molecule has 1 aliphatic rings. The van der Waals surface area contributed by atoms with E-state index in [0.29, 0.717) is 5.92 Å². The fraction of sp³-hybridized carbons (Fsp3) is 0.292. The molecule has 1 saturated carbocycles. The molecular weight excluding hydrogens is 378 g/mol. The molecular formula is C24H27N3OS. The molecule has 0 saturated heterocycles. The minimum atomic E-state index is 0.118. The molecule has 1 heterocycles. The molecule has 0 aliphatic heterocycles. The van der Waals surface area contributed by atoms with Gasteiger partial charge in [0, 0.05) is 16.8 Å². The van der Waals surface area contributed by atoms with Crippen LogP contribution in [0.15, 0.2) is 54.6 Å². The Morgan fingerprint density at radius 3 is 2.28 bits per heavy atom. The van der Waals surface area contributed by atoms with Crippen LogP contribution in [0.1, 0.15) is 48.5 Å². The molecule has 0 spiro atoms. The van der Waals surface area contributed by atoms with Crippen LogP contribution in [-0.2, 0) is 0 Å². The molecule has 0 unspecified atom stereocenters. The lowest BCUT2D eigenvalue weighted by Crippen LogP contribution is -2.14. The fourth-order valence-electron chi connectivity index (χ4n) is 4.11. The normalized spacial score (nSPS) is 14.5. The average Bonchev–Trinajstić information content (AvgIpc) is 3.16. The first kappa shape index (κ1) is 19.5. The highest BCUT2D eigenvalue weighted by Crippen LogP contribution is 2.47. The van der Waals surface area contributed by atoms with Gasteiger partial charge in [-0.25, -0.2) is 0 Å². The number of benzene rings is 2. The smallest absolute Gasteiger partial charge is 0.127 e. The number of rotatable bonds is 6. The average molecular weight is 406 g/mol. The summed E-state index contributed by atoms with van der Waals surface area (Å²) in [6.07, 6.45) is 6.32. The van der Waals surface area contributed by atoms with Gasteiger partial charge < -0.3 is 15.8 Å². The summed E-state index contributed by atoms with van der Waals surface area (Å²) < 4.78 is 5.92. The van der Waals surface area contributed by atoms with Crippen molar-refractivity contribution >= 4 is 22.9 Å². The second-order valence-corrected chi connectivity index (χ2v) is 8.54. The van der Waals surface area contributed by atoms with E-state index in [1.807, 2.05) is 49.5 Å². The van der Waals surface area contributed by atoms with Crippen LogP contribution in [0.4, 0.5) is 5.69 Å². The third-order valence-electron chi connectivity index (χ3n) is 5.53. The summed E-state index contributed by atoms with van der Waals surface area (Å²) >= 11 is 1.78. The lowest BCUT2D eigenvalue weighted by molar-refractivity contribution is 0.449. The topological polar surface area (TPSA) is 71.1 Å². The minimum absolute atomic E-state index is 0.118. The molecule has 1 fully saturated rings. The van der Waals surface area contributed by atoms with E-state index in [0.717, 1.165) is 33.2 Å². The number of anilines is 1. The van der Waals surface area contributed by atoms with E-state index in [4.69, 9.17) is 15.9 Å². The largest absolute Gasteiger partial charge is 0.457 e. The lowest BCUT2D eigenvalue weighted by atomic mass is 9.87. The summed E-state index contributed by atoms with van der Waals surface area (Å²) in [5, 5.41) is 11.5. The number of amidine groups is 1. The van der Waals surface area contributed by atoms with Crippen molar-refractivity contribution in [1.82, 2.24) is 0 Å². The van der Waals surface area contributed by atoms with Crippen molar-refractivity contribution in [3.8, 4) is 21.9 Å². The van der Waals surface area contributed by atoms with Crippen molar-refractivity contribution in [2.75, 3.05) is 12.4 Å². The van der Waals surface area contributed by atoms with E-state index in [2.05, 4.69) is 17.4 Å². The van der Waals surface area contributed by atoms with Crippen LogP contribution < -0.4 is 15.8 Å². The number of hydrogen-bond donors (Lipinski definition) is 3. The number of thiophene rings is 1. The van der Waals surface area contributed by atoms with Gasteiger partial charge in [0.05, 0.1) is 11.3 Å². The third kappa shape index (κ3) is 4.15.